The van der Waals surface area contributed by atoms with E-state index in [2.05, 4.69) is 45.0 Å². The topological polar surface area (TPSA) is 12.0 Å². The van der Waals surface area contributed by atoms with E-state index in [9.17, 15) is 0 Å². The number of halogens is 3. The van der Waals surface area contributed by atoms with Crippen LogP contribution >= 0.6 is 50.5 Å². The van der Waals surface area contributed by atoms with Crippen molar-refractivity contribution in [3.8, 4) is 0 Å². The lowest BCUT2D eigenvalue weighted by atomic mass is 10.1. The summed E-state index contributed by atoms with van der Waals surface area (Å²) in [6, 6.07) is 6.10. The molecular formula is C12H10BrCl2NS. The largest absolute Gasteiger partial charge is 0.377 e. The van der Waals surface area contributed by atoms with Crippen LogP contribution in [0, 0.1) is 0 Å². The molecule has 0 saturated heterocycles. The van der Waals surface area contributed by atoms with Crippen molar-refractivity contribution in [1.82, 2.24) is 0 Å². The van der Waals surface area contributed by atoms with Crippen LogP contribution in [0.15, 0.2) is 33.4 Å². The van der Waals surface area contributed by atoms with Gasteiger partial charge in [0, 0.05) is 10.5 Å². The van der Waals surface area contributed by atoms with Gasteiger partial charge in [-0.1, -0.05) is 23.2 Å². The Morgan fingerprint density at radius 3 is 2.65 bits per heavy atom. The first-order valence-corrected chi connectivity index (χ1v) is 7.51. The van der Waals surface area contributed by atoms with Gasteiger partial charge in [0.1, 0.15) is 0 Å². The molecule has 0 aliphatic heterocycles. The van der Waals surface area contributed by atoms with Gasteiger partial charge >= 0.3 is 0 Å². The average Bonchev–Trinajstić information content (AvgIpc) is 2.83. The normalized spacial score (nSPS) is 12.5. The van der Waals surface area contributed by atoms with Crippen LogP contribution in [0.25, 0.3) is 0 Å². The zero-order valence-electron chi connectivity index (χ0n) is 9.01. The van der Waals surface area contributed by atoms with Crippen molar-refractivity contribution >= 4 is 56.2 Å². The summed E-state index contributed by atoms with van der Waals surface area (Å²) in [5.74, 6) is 0. The summed E-state index contributed by atoms with van der Waals surface area (Å²) in [4.78, 5) is 0. The molecule has 1 nitrogen and oxygen atoms in total. The molecule has 90 valence electrons. The van der Waals surface area contributed by atoms with E-state index >= 15 is 0 Å². The molecule has 0 bridgehead atoms. The molecule has 0 aliphatic carbocycles. The first kappa shape index (κ1) is 13.2. The molecule has 0 amide bonds. The van der Waals surface area contributed by atoms with Gasteiger partial charge in [-0.15, -0.1) is 0 Å². The Morgan fingerprint density at radius 1 is 1.24 bits per heavy atom. The number of thiophene rings is 1. The van der Waals surface area contributed by atoms with Crippen LogP contribution in [0.1, 0.15) is 18.5 Å². The lowest BCUT2D eigenvalue weighted by Crippen LogP contribution is -2.05. The predicted molar refractivity (Wildman–Crippen MR) is 80.5 cm³/mol. The summed E-state index contributed by atoms with van der Waals surface area (Å²) in [6.45, 7) is 2.09. The third-order valence-corrected chi connectivity index (χ3v) is 4.92. The maximum Gasteiger partial charge on any atom is 0.0835 e. The van der Waals surface area contributed by atoms with Crippen LogP contribution in [0.2, 0.25) is 10.0 Å². The quantitative estimate of drug-likeness (QED) is 0.670. The Morgan fingerprint density at radius 2 is 2.00 bits per heavy atom. The molecule has 0 spiro atoms. The number of hydrogen-bond donors (Lipinski definition) is 1. The third-order valence-electron chi connectivity index (χ3n) is 2.45. The van der Waals surface area contributed by atoms with Crippen LogP contribution in [0.3, 0.4) is 0 Å². The van der Waals surface area contributed by atoms with E-state index in [0.29, 0.717) is 10.0 Å². The van der Waals surface area contributed by atoms with Crippen molar-refractivity contribution in [2.45, 2.75) is 13.0 Å². The highest BCUT2D eigenvalue weighted by molar-refractivity contribution is 9.10. The van der Waals surface area contributed by atoms with Crippen molar-refractivity contribution in [2.75, 3.05) is 5.32 Å². The number of anilines is 1. The van der Waals surface area contributed by atoms with E-state index in [-0.39, 0.29) is 6.04 Å². The van der Waals surface area contributed by atoms with Gasteiger partial charge in [-0.05, 0) is 57.4 Å². The summed E-state index contributed by atoms with van der Waals surface area (Å²) >= 11 is 17.3. The molecule has 0 aliphatic rings. The molecule has 17 heavy (non-hydrogen) atoms. The Hall–Kier alpha value is -0.220. The Bertz CT molecular complexity index is 513. The molecule has 1 aromatic heterocycles. The molecule has 1 unspecified atom stereocenters. The maximum absolute atomic E-state index is 6.18. The second-order valence-corrected chi connectivity index (χ2v) is 6.04. The smallest absolute Gasteiger partial charge is 0.0835 e. The molecule has 0 radical (unpaired) electrons. The molecule has 5 heteroatoms. The molecule has 1 aromatic carbocycles. The SMILES string of the molecule is CC(Nc1ccc(Br)c(Cl)c1Cl)c1ccsc1. The van der Waals surface area contributed by atoms with Crippen molar-refractivity contribution in [1.29, 1.82) is 0 Å². The first-order valence-electron chi connectivity index (χ1n) is 5.01. The van der Waals surface area contributed by atoms with Gasteiger partial charge in [0.2, 0.25) is 0 Å². The van der Waals surface area contributed by atoms with Crippen LogP contribution in [0.4, 0.5) is 5.69 Å². The Kier molecular flexibility index (Phi) is 4.36. The molecule has 2 rings (SSSR count). The number of rotatable bonds is 3. The lowest BCUT2D eigenvalue weighted by Gasteiger charge is -2.16. The van der Waals surface area contributed by atoms with Gasteiger partial charge in [-0.25, -0.2) is 0 Å². The van der Waals surface area contributed by atoms with E-state index in [4.69, 9.17) is 23.2 Å². The monoisotopic (exact) mass is 349 g/mol. The van der Waals surface area contributed by atoms with E-state index in [1.165, 1.54) is 5.56 Å². The molecule has 1 N–H and O–H groups in total. The van der Waals surface area contributed by atoms with Gasteiger partial charge in [-0.3, -0.25) is 0 Å². The Balaban J connectivity index is 2.22. The van der Waals surface area contributed by atoms with Gasteiger partial charge < -0.3 is 5.32 Å². The first-order chi connectivity index (χ1) is 8.09. The van der Waals surface area contributed by atoms with Crippen LogP contribution in [-0.2, 0) is 0 Å². The summed E-state index contributed by atoms with van der Waals surface area (Å²) < 4.78 is 0.804. The van der Waals surface area contributed by atoms with Gasteiger partial charge in [-0.2, -0.15) is 11.3 Å². The molecule has 1 heterocycles. The van der Waals surface area contributed by atoms with E-state index in [0.717, 1.165) is 10.2 Å². The standard InChI is InChI=1S/C12H10BrCl2NS/c1-7(8-4-5-17-6-8)16-10-3-2-9(13)11(14)12(10)15/h2-7,16H,1H3. The highest BCUT2D eigenvalue weighted by atomic mass is 79.9. The minimum Gasteiger partial charge on any atom is -0.377 e. The van der Waals surface area contributed by atoms with Crippen molar-refractivity contribution < 1.29 is 0 Å². The molecule has 0 fully saturated rings. The fourth-order valence-corrected chi connectivity index (χ4v) is 3.06. The van der Waals surface area contributed by atoms with E-state index < -0.39 is 0 Å². The van der Waals surface area contributed by atoms with Crippen molar-refractivity contribution in [3.05, 3.63) is 49.0 Å². The maximum atomic E-state index is 6.18. The minimum absolute atomic E-state index is 0.205. The van der Waals surface area contributed by atoms with Crippen LogP contribution in [0.5, 0.6) is 0 Å². The second-order valence-electron chi connectivity index (χ2n) is 3.65. The van der Waals surface area contributed by atoms with Crippen LogP contribution in [-0.4, -0.2) is 0 Å². The van der Waals surface area contributed by atoms with Gasteiger partial charge in [0.25, 0.3) is 0 Å². The highest BCUT2D eigenvalue weighted by Crippen LogP contribution is 2.37. The lowest BCUT2D eigenvalue weighted by molar-refractivity contribution is 0.890. The highest BCUT2D eigenvalue weighted by Gasteiger charge is 2.11. The van der Waals surface area contributed by atoms with Crippen molar-refractivity contribution in [3.63, 3.8) is 0 Å². The number of hydrogen-bond acceptors (Lipinski definition) is 2. The summed E-state index contributed by atoms with van der Waals surface area (Å²) in [7, 11) is 0. The predicted octanol–water partition coefficient (Wildman–Crippen LogP) is 5.99. The summed E-state index contributed by atoms with van der Waals surface area (Å²) in [5.41, 5.74) is 2.09. The molecule has 1 atom stereocenters. The average molecular weight is 351 g/mol. The summed E-state index contributed by atoms with van der Waals surface area (Å²) in [6.07, 6.45) is 0. The minimum atomic E-state index is 0.205. The third kappa shape index (κ3) is 2.97. The molecular weight excluding hydrogens is 341 g/mol. The zero-order chi connectivity index (χ0) is 12.4. The fraction of sp³-hybridized carbons (Fsp3) is 0.167. The number of nitrogens with one attached hydrogen (secondary N) is 1. The van der Waals surface area contributed by atoms with Crippen molar-refractivity contribution in [2.24, 2.45) is 0 Å². The van der Waals surface area contributed by atoms with Gasteiger partial charge in [0.15, 0.2) is 0 Å². The second kappa shape index (κ2) is 5.61. The fourth-order valence-electron chi connectivity index (χ4n) is 1.48. The molecule has 2 aromatic rings. The zero-order valence-corrected chi connectivity index (χ0v) is 12.9. The van der Waals surface area contributed by atoms with E-state index in [1.54, 1.807) is 11.3 Å². The number of benzene rings is 1. The molecule has 0 saturated carbocycles. The van der Waals surface area contributed by atoms with Gasteiger partial charge in [0.05, 0.1) is 15.7 Å². The van der Waals surface area contributed by atoms with Crippen LogP contribution < -0.4 is 5.32 Å². The summed E-state index contributed by atoms with van der Waals surface area (Å²) in [5, 5.41) is 8.61. The van der Waals surface area contributed by atoms with E-state index in [1.807, 2.05) is 12.1 Å². The Labute approximate surface area is 123 Å².